The van der Waals surface area contributed by atoms with Crippen LogP contribution in [0.5, 0.6) is 0 Å². The van der Waals surface area contributed by atoms with E-state index in [1.807, 2.05) is 0 Å². The molecule has 0 radical (unpaired) electrons. The van der Waals surface area contributed by atoms with Crippen molar-refractivity contribution in [3.63, 3.8) is 0 Å². The second kappa shape index (κ2) is 4.67. The fourth-order valence-corrected chi connectivity index (χ4v) is 2.69. The largest absolute Gasteiger partial charge is 0.481 e. The summed E-state index contributed by atoms with van der Waals surface area (Å²) in [6.07, 6.45) is 0.851. The van der Waals surface area contributed by atoms with E-state index in [1.54, 1.807) is 12.1 Å². The lowest BCUT2D eigenvalue weighted by molar-refractivity contribution is -0.137. The van der Waals surface area contributed by atoms with Crippen molar-refractivity contribution >= 4 is 35.0 Å². The smallest absolute Gasteiger partial charge is 0.303 e. The van der Waals surface area contributed by atoms with E-state index in [2.05, 4.69) is 0 Å². The Morgan fingerprint density at radius 3 is 2.76 bits per heavy atom. The van der Waals surface area contributed by atoms with Crippen LogP contribution in [0.2, 0.25) is 10.0 Å². The van der Waals surface area contributed by atoms with Crippen LogP contribution < -0.4 is 0 Å². The van der Waals surface area contributed by atoms with E-state index in [9.17, 15) is 9.59 Å². The molecule has 1 aromatic rings. The second-order valence-corrected chi connectivity index (χ2v) is 4.96. The van der Waals surface area contributed by atoms with Crippen LogP contribution in [0.4, 0.5) is 0 Å². The van der Waals surface area contributed by atoms with Gasteiger partial charge in [0.1, 0.15) is 0 Å². The molecule has 0 fully saturated rings. The third-order valence-electron chi connectivity index (χ3n) is 2.95. The van der Waals surface area contributed by atoms with Crippen LogP contribution in [0.25, 0.3) is 0 Å². The lowest BCUT2D eigenvalue weighted by Crippen LogP contribution is -2.11. The van der Waals surface area contributed by atoms with Gasteiger partial charge in [0.25, 0.3) is 0 Å². The first-order valence-electron chi connectivity index (χ1n) is 5.23. The minimum atomic E-state index is -0.891. The maximum absolute atomic E-state index is 12.0. The van der Waals surface area contributed by atoms with E-state index in [-0.39, 0.29) is 18.1 Å². The molecule has 0 heterocycles. The number of halogens is 2. The Hall–Kier alpha value is -1.06. The highest BCUT2D eigenvalue weighted by molar-refractivity contribution is 6.36. The molecule has 1 N–H and O–H groups in total. The van der Waals surface area contributed by atoms with E-state index < -0.39 is 5.97 Å². The van der Waals surface area contributed by atoms with Crippen molar-refractivity contribution in [1.82, 2.24) is 0 Å². The second-order valence-electron chi connectivity index (χ2n) is 4.11. The molecule has 1 aromatic carbocycles. The molecule has 0 bridgehead atoms. The molecule has 0 aromatic heterocycles. The van der Waals surface area contributed by atoms with Crippen molar-refractivity contribution in [3.05, 3.63) is 33.3 Å². The zero-order chi connectivity index (χ0) is 12.6. The van der Waals surface area contributed by atoms with Crippen LogP contribution in [-0.2, 0) is 11.2 Å². The van der Waals surface area contributed by atoms with E-state index in [4.69, 9.17) is 28.3 Å². The average Bonchev–Trinajstić information content (AvgIpc) is 2.54. The first-order chi connectivity index (χ1) is 7.99. The van der Waals surface area contributed by atoms with Crippen LogP contribution >= 0.6 is 23.2 Å². The number of carbonyl (C=O) groups excluding carboxylic acids is 1. The van der Waals surface area contributed by atoms with Gasteiger partial charge in [0.15, 0.2) is 5.78 Å². The fourth-order valence-electron chi connectivity index (χ4n) is 2.12. The molecule has 1 unspecified atom stereocenters. The summed E-state index contributed by atoms with van der Waals surface area (Å²) in [5, 5.41) is 9.53. The summed E-state index contributed by atoms with van der Waals surface area (Å²) < 4.78 is 0. The van der Waals surface area contributed by atoms with Gasteiger partial charge in [0.2, 0.25) is 0 Å². The van der Waals surface area contributed by atoms with Crippen LogP contribution in [0.3, 0.4) is 0 Å². The fraction of sp³-hybridized carbons (Fsp3) is 0.333. The Balaban J connectivity index is 2.23. The molecule has 5 heteroatoms. The van der Waals surface area contributed by atoms with Gasteiger partial charge in [-0.1, -0.05) is 23.2 Å². The lowest BCUT2D eigenvalue weighted by Gasteiger charge is -2.04. The predicted octanol–water partition coefficient (Wildman–Crippen LogP) is 3.21. The Morgan fingerprint density at radius 2 is 2.12 bits per heavy atom. The summed E-state index contributed by atoms with van der Waals surface area (Å²) in [5.41, 5.74) is 1.33. The quantitative estimate of drug-likeness (QED) is 0.919. The number of ketones is 1. The van der Waals surface area contributed by atoms with Crippen molar-refractivity contribution in [2.24, 2.45) is 5.92 Å². The molecule has 0 spiro atoms. The Bertz CT molecular complexity index is 497. The first kappa shape index (κ1) is 12.4. The highest BCUT2D eigenvalue weighted by atomic mass is 35.5. The number of fused-ring (bicyclic) bond motifs is 1. The van der Waals surface area contributed by atoms with Gasteiger partial charge in [-0.3, -0.25) is 9.59 Å². The molecular weight excluding hydrogens is 263 g/mol. The van der Waals surface area contributed by atoms with Crippen LogP contribution in [0.1, 0.15) is 28.8 Å². The molecule has 2 rings (SSSR count). The number of benzene rings is 1. The number of rotatable bonds is 3. The number of Topliss-reactive ketones (excluding diaryl/α,β-unsaturated/α-hetero) is 1. The molecule has 3 nitrogen and oxygen atoms in total. The van der Waals surface area contributed by atoms with Crippen LogP contribution in [-0.4, -0.2) is 16.9 Å². The third kappa shape index (κ3) is 2.45. The summed E-state index contributed by atoms with van der Waals surface area (Å²) in [6.45, 7) is 0. The highest BCUT2D eigenvalue weighted by Gasteiger charge is 2.32. The van der Waals surface area contributed by atoms with Gasteiger partial charge in [-0.25, -0.2) is 0 Å². The van der Waals surface area contributed by atoms with Gasteiger partial charge in [-0.05, 0) is 30.5 Å². The third-order valence-corrected chi connectivity index (χ3v) is 3.51. The van der Waals surface area contributed by atoms with E-state index >= 15 is 0 Å². The Morgan fingerprint density at radius 1 is 1.41 bits per heavy atom. The minimum Gasteiger partial charge on any atom is -0.481 e. The molecule has 1 atom stereocenters. The summed E-state index contributed by atoms with van der Waals surface area (Å²) in [5.74, 6) is -1.22. The van der Waals surface area contributed by atoms with E-state index in [1.165, 1.54) is 0 Å². The van der Waals surface area contributed by atoms with E-state index in [0.717, 1.165) is 5.56 Å². The molecule has 1 aliphatic rings. The van der Waals surface area contributed by atoms with Gasteiger partial charge in [-0.2, -0.15) is 0 Å². The first-order valence-corrected chi connectivity index (χ1v) is 5.98. The molecule has 0 amide bonds. The molecule has 0 saturated heterocycles. The van der Waals surface area contributed by atoms with Crippen molar-refractivity contribution < 1.29 is 14.7 Å². The van der Waals surface area contributed by atoms with E-state index in [0.29, 0.717) is 28.5 Å². The maximum Gasteiger partial charge on any atom is 0.303 e. The normalized spacial score (nSPS) is 18.2. The standard InChI is InChI=1S/C12H10Cl2O3/c13-7-4-9-8(10(14)5-7)3-6(12(9)17)1-2-11(15)16/h4-6H,1-3H2,(H,15,16). The van der Waals surface area contributed by atoms with Gasteiger partial charge in [0, 0.05) is 27.9 Å². The van der Waals surface area contributed by atoms with Crippen LogP contribution in [0.15, 0.2) is 12.1 Å². The van der Waals surface area contributed by atoms with Crippen molar-refractivity contribution in [2.75, 3.05) is 0 Å². The molecular formula is C12H10Cl2O3. The predicted molar refractivity (Wildman–Crippen MR) is 64.9 cm³/mol. The molecule has 1 aliphatic carbocycles. The van der Waals surface area contributed by atoms with Gasteiger partial charge in [-0.15, -0.1) is 0 Å². The summed E-state index contributed by atoms with van der Waals surface area (Å²) in [4.78, 5) is 22.5. The number of carboxylic acids is 1. The monoisotopic (exact) mass is 272 g/mol. The topological polar surface area (TPSA) is 54.4 Å². The lowest BCUT2D eigenvalue weighted by atomic mass is 9.99. The van der Waals surface area contributed by atoms with Gasteiger partial charge in [0.05, 0.1) is 0 Å². The van der Waals surface area contributed by atoms with Crippen molar-refractivity contribution in [2.45, 2.75) is 19.3 Å². The number of carbonyl (C=O) groups is 2. The summed E-state index contributed by atoms with van der Waals surface area (Å²) in [7, 11) is 0. The highest BCUT2D eigenvalue weighted by Crippen LogP contribution is 2.36. The summed E-state index contributed by atoms with van der Waals surface area (Å²) >= 11 is 11.9. The molecule has 17 heavy (non-hydrogen) atoms. The molecule has 90 valence electrons. The zero-order valence-electron chi connectivity index (χ0n) is 8.87. The average molecular weight is 273 g/mol. The Kier molecular flexibility index (Phi) is 3.40. The van der Waals surface area contributed by atoms with Crippen molar-refractivity contribution in [1.29, 1.82) is 0 Å². The van der Waals surface area contributed by atoms with Crippen LogP contribution in [0, 0.1) is 5.92 Å². The Labute approximate surface area is 108 Å². The number of aliphatic carboxylic acids is 1. The van der Waals surface area contributed by atoms with Crippen molar-refractivity contribution in [3.8, 4) is 0 Å². The molecule has 0 aliphatic heterocycles. The zero-order valence-corrected chi connectivity index (χ0v) is 10.4. The van der Waals surface area contributed by atoms with Gasteiger partial charge >= 0.3 is 5.97 Å². The summed E-state index contributed by atoms with van der Waals surface area (Å²) in [6, 6.07) is 3.21. The number of hydrogen-bond acceptors (Lipinski definition) is 2. The maximum atomic E-state index is 12.0. The number of hydrogen-bond donors (Lipinski definition) is 1. The number of carboxylic acid groups (broad SMARTS) is 1. The molecule has 0 saturated carbocycles. The minimum absolute atomic E-state index is 0.00422. The van der Waals surface area contributed by atoms with Gasteiger partial charge < -0.3 is 5.11 Å². The SMILES string of the molecule is O=C(O)CCC1Cc2c(Cl)cc(Cl)cc2C1=O.